The molecule has 3 amide bonds. The molecule has 1 fully saturated rings. The van der Waals surface area contributed by atoms with Crippen LogP contribution in [0.4, 0.5) is 11.4 Å². The fraction of sp³-hybridized carbons (Fsp3) is 0.318. The zero-order valence-corrected chi connectivity index (χ0v) is 18.3. The molecule has 0 unspecified atom stereocenters. The third-order valence-corrected chi connectivity index (χ3v) is 5.46. The van der Waals surface area contributed by atoms with Crippen molar-refractivity contribution in [2.75, 3.05) is 16.8 Å². The van der Waals surface area contributed by atoms with Crippen molar-refractivity contribution >= 4 is 52.3 Å². The molecular formula is C22H23Cl2N3O3. The molecule has 1 aliphatic heterocycles. The van der Waals surface area contributed by atoms with Crippen molar-refractivity contribution in [1.29, 1.82) is 0 Å². The highest BCUT2D eigenvalue weighted by molar-refractivity contribution is 6.36. The summed E-state index contributed by atoms with van der Waals surface area (Å²) < 4.78 is 0. The molecule has 0 aliphatic carbocycles. The fourth-order valence-corrected chi connectivity index (χ4v) is 3.81. The monoisotopic (exact) mass is 447 g/mol. The van der Waals surface area contributed by atoms with E-state index in [1.54, 1.807) is 29.2 Å². The van der Waals surface area contributed by atoms with E-state index in [1.807, 2.05) is 19.9 Å². The second kappa shape index (κ2) is 9.49. The third-order valence-electron chi connectivity index (χ3n) is 4.91. The fourth-order valence-electron chi connectivity index (χ4n) is 3.32. The van der Waals surface area contributed by atoms with Gasteiger partial charge in [0.15, 0.2) is 0 Å². The summed E-state index contributed by atoms with van der Waals surface area (Å²) in [7, 11) is 0. The van der Waals surface area contributed by atoms with Crippen molar-refractivity contribution in [2.24, 2.45) is 5.92 Å². The Morgan fingerprint density at radius 2 is 1.87 bits per heavy atom. The van der Waals surface area contributed by atoms with Gasteiger partial charge in [-0.15, -0.1) is 0 Å². The van der Waals surface area contributed by atoms with Gasteiger partial charge in [-0.1, -0.05) is 43.1 Å². The van der Waals surface area contributed by atoms with E-state index < -0.39 is 11.9 Å². The zero-order valence-electron chi connectivity index (χ0n) is 16.7. The Labute approximate surface area is 185 Å². The molecule has 3 rings (SSSR count). The van der Waals surface area contributed by atoms with Crippen LogP contribution < -0.4 is 15.5 Å². The number of benzene rings is 2. The van der Waals surface area contributed by atoms with E-state index in [0.29, 0.717) is 23.7 Å². The lowest BCUT2D eigenvalue weighted by molar-refractivity contribution is -0.119. The molecule has 2 aromatic rings. The summed E-state index contributed by atoms with van der Waals surface area (Å²) in [4.78, 5) is 39.2. The van der Waals surface area contributed by atoms with Crippen LogP contribution in [-0.2, 0) is 9.59 Å². The first-order valence-corrected chi connectivity index (χ1v) is 10.5. The highest BCUT2D eigenvalue weighted by atomic mass is 35.5. The van der Waals surface area contributed by atoms with Crippen LogP contribution in [0.1, 0.15) is 37.0 Å². The highest BCUT2D eigenvalue weighted by Crippen LogP contribution is 2.25. The molecule has 8 heteroatoms. The van der Waals surface area contributed by atoms with Gasteiger partial charge in [-0.05, 0) is 48.7 Å². The number of rotatable bonds is 6. The minimum absolute atomic E-state index is 0.0747. The standard InChI is InChI=1S/C22H23Cl2N3O3/c1-13(2)20(26-21(29)17-9-8-14(23)11-18(17)24)22(30)25-15-5-3-6-16(12-15)27-10-4-7-19(27)28/h3,5-6,8-9,11-13,20H,4,7,10H2,1-2H3,(H,25,30)(H,26,29)/t20-/m0/s1. The van der Waals surface area contributed by atoms with Gasteiger partial charge in [0.25, 0.3) is 5.91 Å². The summed E-state index contributed by atoms with van der Waals surface area (Å²) in [6.07, 6.45) is 1.36. The second-order valence-corrected chi connectivity index (χ2v) is 8.35. The average molecular weight is 448 g/mol. The minimum atomic E-state index is -0.777. The number of carbonyl (C=O) groups excluding carboxylic acids is 3. The zero-order chi connectivity index (χ0) is 21.8. The number of halogens is 2. The molecule has 0 saturated carbocycles. The van der Waals surface area contributed by atoms with Crippen LogP contribution in [0.2, 0.25) is 10.0 Å². The summed E-state index contributed by atoms with van der Waals surface area (Å²) >= 11 is 12.0. The number of hydrogen-bond acceptors (Lipinski definition) is 3. The molecule has 2 N–H and O–H groups in total. The maximum absolute atomic E-state index is 12.9. The molecule has 30 heavy (non-hydrogen) atoms. The topological polar surface area (TPSA) is 78.5 Å². The number of hydrogen-bond donors (Lipinski definition) is 2. The van der Waals surface area contributed by atoms with E-state index in [-0.39, 0.29) is 28.3 Å². The van der Waals surface area contributed by atoms with Crippen molar-refractivity contribution in [3.05, 3.63) is 58.1 Å². The maximum Gasteiger partial charge on any atom is 0.253 e. The molecule has 0 spiro atoms. The van der Waals surface area contributed by atoms with Crippen LogP contribution >= 0.6 is 23.2 Å². The molecule has 0 radical (unpaired) electrons. The number of amides is 3. The van der Waals surface area contributed by atoms with Gasteiger partial charge < -0.3 is 15.5 Å². The van der Waals surface area contributed by atoms with Crippen LogP contribution in [0.3, 0.4) is 0 Å². The van der Waals surface area contributed by atoms with Gasteiger partial charge in [0.1, 0.15) is 6.04 Å². The molecule has 0 bridgehead atoms. The Bertz CT molecular complexity index is 978. The number of nitrogens with one attached hydrogen (secondary N) is 2. The van der Waals surface area contributed by atoms with E-state index in [0.717, 1.165) is 12.1 Å². The molecule has 1 heterocycles. The van der Waals surface area contributed by atoms with E-state index in [2.05, 4.69) is 10.6 Å². The number of anilines is 2. The van der Waals surface area contributed by atoms with Gasteiger partial charge in [0.05, 0.1) is 10.6 Å². The summed E-state index contributed by atoms with van der Waals surface area (Å²) in [5, 5.41) is 6.22. The molecule has 0 aromatic heterocycles. The minimum Gasteiger partial charge on any atom is -0.340 e. The Kier molecular flexibility index (Phi) is 7.00. The summed E-state index contributed by atoms with van der Waals surface area (Å²) in [6.45, 7) is 4.35. The molecule has 1 aliphatic rings. The van der Waals surface area contributed by atoms with Crippen molar-refractivity contribution < 1.29 is 14.4 Å². The van der Waals surface area contributed by atoms with Crippen LogP contribution in [0, 0.1) is 5.92 Å². The van der Waals surface area contributed by atoms with Gasteiger partial charge in [0, 0.05) is 29.4 Å². The van der Waals surface area contributed by atoms with E-state index in [4.69, 9.17) is 23.2 Å². The summed E-state index contributed by atoms with van der Waals surface area (Å²) in [5.41, 5.74) is 1.55. The van der Waals surface area contributed by atoms with Crippen molar-refractivity contribution in [3.8, 4) is 0 Å². The molecule has 6 nitrogen and oxygen atoms in total. The van der Waals surface area contributed by atoms with E-state index >= 15 is 0 Å². The third kappa shape index (κ3) is 5.12. The smallest absolute Gasteiger partial charge is 0.253 e. The van der Waals surface area contributed by atoms with Gasteiger partial charge in [-0.2, -0.15) is 0 Å². The van der Waals surface area contributed by atoms with Crippen LogP contribution in [0.25, 0.3) is 0 Å². The average Bonchev–Trinajstić information content (AvgIpc) is 3.11. The number of carbonyl (C=O) groups is 3. The van der Waals surface area contributed by atoms with E-state index in [1.165, 1.54) is 12.1 Å². The Morgan fingerprint density at radius 3 is 2.50 bits per heavy atom. The predicted octanol–water partition coefficient (Wildman–Crippen LogP) is 4.51. The van der Waals surface area contributed by atoms with Gasteiger partial charge in [-0.25, -0.2) is 0 Å². The second-order valence-electron chi connectivity index (χ2n) is 7.51. The summed E-state index contributed by atoms with van der Waals surface area (Å²) in [5.74, 6) is -0.899. The van der Waals surface area contributed by atoms with Crippen LogP contribution in [0.15, 0.2) is 42.5 Å². The first-order chi connectivity index (χ1) is 14.3. The first-order valence-electron chi connectivity index (χ1n) is 9.73. The van der Waals surface area contributed by atoms with Gasteiger partial charge >= 0.3 is 0 Å². The van der Waals surface area contributed by atoms with Crippen molar-refractivity contribution in [2.45, 2.75) is 32.7 Å². The predicted molar refractivity (Wildman–Crippen MR) is 119 cm³/mol. The van der Waals surface area contributed by atoms with Crippen LogP contribution in [-0.4, -0.2) is 30.3 Å². The molecule has 1 atom stereocenters. The molecular weight excluding hydrogens is 425 g/mol. The Hall–Kier alpha value is -2.57. The largest absolute Gasteiger partial charge is 0.340 e. The highest BCUT2D eigenvalue weighted by Gasteiger charge is 2.26. The Morgan fingerprint density at radius 1 is 1.10 bits per heavy atom. The maximum atomic E-state index is 12.9. The van der Waals surface area contributed by atoms with Crippen molar-refractivity contribution in [1.82, 2.24) is 5.32 Å². The summed E-state index contributed by atoms with van der Waals surface area (Å²) in [6, 6.07) is 10.9. The lowest BCUT2D eigenvalue weighted by Gasteiger charge is -2.23. The number of nitrogens with zero attached hydrogens (tertiary/aromatic N) is 1. The SMILES string of the molecule is CC(C)[C@H](NC(=O)c1ccc(Cl)cc1Cl)C(=O)Nc1cccc(N2CCCC2=O)c1. The molecule has 1 saturated heterocycles. The van der Waals surface area contributed by atoms with Gasteiger partial charge in [-0.3, -0.25) is 14.4 Å². The molecule has 158 valence electrons. The molecule has 2 aromatic carbocycles. The van der Waals surface area contributed by atoms with Gasteiger partial charge in [0.2, 0.25) is 11.8 Å². The van der Waals surface area contributed by atoms with E-state index in [9.17, 15) is 14.4 Å². The van der Waals surface area contributed by atoms with Crippen molar-refractivity contribution in [3.63, 3.8) is 0 Å². The Balaban J connectivity index is 1.73. The first kappa shape index (κ1) is 22.1. The normalized spacial score (nSPS) is 14.7. The van der Waals surface area contributed by atoms with Crippen LogP contribution in [0.5, 0.6) is 0 Å². The lowest BCUT2D eigenvalue weighted by Crippen LogP contribution is -2.47. The quantitative estimate of drug-likeness (QED) is 0.683. The lowest BCUT2D eigenvalue weighted by atomic mass is 10.0.